The molecule has 1 aromatic rings. The van der Waals surface area contributed by atoms with E-state index in [0.717, 1.165) is 17.5 Å². The van der Waals surface area contributed by atoms with Crippen molar-refractivity contribution < 1.29 is 9.90 Å². The van der Waals surface area contributed by atoms with Gasteiger partial charge in [0, 0.05) is 18.5 Å². The highest BCUT2D eigenvalue weighted by molar-refractivity contribution is 5.75. The van der Waals surface area contributed by atoms with Crippen molar-refractivity contribution in [3.05, 3.63) is 35.4 Å². The number of carbonyl (C=O) groups is 1. The van der Waals surface area contributed by atoms with Gasteiger partial charge in [-0.15, -0.1) is 0 Å². The highest BCUT2D eigenvalue weighted by Gasteiger charge is 2.02. The topological polar surface area (TPSA) is 49.3 Å². The first-order chi connectivity index (χ1) is 8.27. The lowest BCUT2D eigenvalue weighted by Crippen LogP contribution is -2.22. The maximum atomic E-state index is 11.4. The fraction of sp³-hybridized carbons (Fsp3) is 0.357. The standard InChI is InChI=1S/C14H17NO2/c1-2-6-14(17)15-11-13-8-4-3-7-12(13)9-5-10-16/h3-4,7-8,16H,2,6,10-11H2,1H3,(H,15,17). The predicted octanol–water partition coefficient (Wildman–Crippen LogP) is 1.45. The highest BCUT2D eigenvalue weighted by Crippen LogP contribution is 2.07. The van der Waals surface area contributed by atoms with Crippen molar-refractivity contribution in [1.29, 1.82) is 0 Å². The first kappa shape index (κ1) is 13.3. The summed E-state index contributed by atoms with van der Waals surface area (Å²) in [7, 11) is 0. The van der Waals surface area contributed by atoms with Gasteiger partial charge in [0.15, 0.2) is 0 Å². The molecule has 0 saturated carbocycles. The minimum atomic E-state index is -0.156. The Morgan fingerprint density at radius 2 is 2.18 bits per heavy atom. The number of amides is 1. The van der Waals surface area contributed by atoms with Gasteiger partial charge in [-0.2, -0.15) is 0 Å². The van der Waals surface area contributed by atoms with Gasteiger partial charge in [-0.25, -0.2) is 0 Å². The second kappa shape index (κ2) is 7.48. The Labute approximate surface area is 102 Å². The summed E-state index contributed by atoms with van der Waals surface area (Å²) in [6, 6.07) is 7.60. The van der Waals surface area contributed by atoms with E-state index in [0.29, 0.717) is 13.0 Å². The van der Waals surface area contributed by atoms with Gasteiger partial charge in [0.2, 0.25) is 5.91 Å². The quantitative estimate of drug-likeness (QED) is 0.770. The van der Waals surface area contributed by atoms with Crippen molar-refractivity contribution >= 4 is 5.91 Å². The Morgan fingerprint density at radius 3 is 2.88 bits per heavy atom. The summed E-state index contributed by atoms with van der Waals surface area (Å²) in [5, 5.41) is 11.5. The summed E-state index contributed by atoms with van der Waals surface area (Å²) in [5.74, 6) is 5.53. The molecule has 2 N–H and O–H groups in total. The number of carbonyl (C=O) groups excluding carboxylic acids is 1. The SMILES string of the molecule is CCCC(=O)NCc1ccccc1C#CCO. The zero-order chi connectivity index (χ0) is 12.5. The average Bonchev–Trinajstić information content (AvgIpc) is 2.35. The minimum Gasteiger partial charge on any atom is -0.384 e. The first-order valence-electron chi connectivity index (χ1n) is 5.72. The van der Waals surface area contributed by atoms with E-state index in [4.69, 9.17) is 5.11 Å². The molecule has 0 radical (unpaired) electrons. The molecule has 0 aliphatic rings. The van der Waals surface area contributed by atoms with Crippen LogP contribution in [0, 0.1) is 11.8 Å². The van der Waals surface area contributed by atoms with Crippen LogP contribution >= 0.6 is 0 Å². The van der Waals surface area contributed by atoms with E-state index in [1.807, 2.05) is 31.2 Å². The Morgan fingerprint density at radius 1 is 1.41 bits per heavy atom. The van der Waals surface area contributed by atoms with Crippen LogP contribution in [-0.2, 0) is 11.3 Å². The highest BCUT2D eigenvalue weighted by atomic mass is 16.2. The lowest BCUT2D eigenvalue weighted by Gasteiger charge is -2.06. The molecule has 1 amide bonds. The number of aliphatic hydroxyl groups is 1. The zero-order valence-electron chi connectivity index (χ0n) is 9.99. The van der Waals surface area contributed by atoms with Gasteiger partial charge < -0.3 is 10.4 Å². The summed E-state index contributed by atoms with van der Waals surface area (Å²) in [6.45, 7) is 2.30. The summed E-state index contributed by atoms with van der Waals surface area (Å²) in [4.78, 5) is 11.4. The van der Waals surface area contributed by atoms with Crippen LogP contribution in [0.1, 0.15) is 30.9 Å². The van der Waals surface area contributed by atoms with Crippen LogP contribution in [-0.4, -0.2) is 17.6 Å². The number of nitrogens with one attached hydrogen (secondary N) is 1. The van der Waals surface area contributed by atoms with Crippen LogP contribution in [0.25, 0.3) is 0 Å². The normalized spacial score (nSPS) is 9.29. The maximum Gasteiger partial charge on any atom is 0.220 e. The third-order valence-electron chi connectivity index (χ3n) is 2.27. The molecule has 0 bridgehead atoms. The second-order valence-corrected chi connectivity index (χ2v) is 3.64. The van der Waals surface area contributed by atoms with E-state index >= 15 is 0 Å². The molecule has 0 saturated heterocycles. The van der Waals surface area contributed by atoms with Crippen LogP contribution in [0.2, 0.25) is 0 Å². The Hall–Kier alpha value is -1.79. The third-order valence-corrected chi connectivity index (χ3v) is 2.27. The fourth-order valence-corrected chi connectivity index (χ4v) is 1.44. The van der Waals surface area contributed by atoms with E-state index in [1.165, 1.54) is 0 Å². The molecule has 90 valence electrons. The van der Waals surface area contributed by atoms with Crippen molar-refractivity contribution in [2.75, 3.05) is 6.61 Å². The second-order valence-electron chi connectivity index (χ2n) is 3.64. The van der Waals surface area contributed by atoms with Crippen LogP contribution in [0.3, 0.4) is 0 Å². The number of rotatable bonds is 4. The van der Waals surface area contributed by atoms with Crippen LogP contribution < -0.4 is 5.32 Å². The van der Waals surface area contributed by atoms with Crippen LogP contribution in [0.15, 0.2) is 24.3 Å². The number of aliphatic hydroxyl groups excluding tert-OH is 1. The Balaban J connectivity index is 2.67. The van der Waals surface area contributed by atoms with Gasteiger partial charge in [-0.1, -0.05) is 37.0 Å². The molecular formula is C14H17NO2. The molecule has 3 nitrogen and oxygen atoms in total. The number of hydrogen-bond donors (Lipinski definition) is 2. The zero-order valence-corrected chi connectivity index (χ0v) is 9.99. The molecule has 1 rings (SSSR count). The van der Waals surface area contributed by atoms with Gasteiger partial charge in [0.05, 0.1) is 0 Å². The number of hydrogen-bond acceptors (Lipinski definition) is 2. The average molecular weight is 231 g/mol. The van der Waals surface area contributed by atoms with Crippen molar-refractivity contribution in [2.24, 2.45) is 0 Å². The molecule has 0 spiro atoms. The predicted molar refractivity (Wildman–Crippen MR) is 67.2 cm³/mol. The minimum absolute atomic E-state index is 0.0532. The largest absolute Gasteiger partial charge is 0.384 e. The molecule has 0 unspecified atom stereocenters. The van der Waals surface area contributed by atoms with E-state index in [2.05, 4.69) is 17.2 Å². The van der Waals surface area contributed by atoms with E-state index in [9.17, 15) is 4.79 Å². The van der Waals surface area contributed by atoms with Crippen molar-refractivity contribution in [2.45, 2.75) is 26.3 Å². The van der Waals surface area contributed by atoms with Crippen LogP contribution in [0.4, 0.5) is 0 Å². The number of benzene rings is 1. The molecule has 0 aromatic heterocycles. The van der Waals surface area contributed by atoms with Gasteiger partial charge in [0.1, 0.15) is 6.61 Å². The van der Waals surface area contributed by atoms with Gasteiger partial charge in [-0.05, 0) is 18.1 Å². The Bertz CT molecular complexity index is 429. The molecule has 0 aliphatic carbocycles. The van der Waals surface area contributed by atoms with Crippen molar-refractivity contribution in [3.63, 3.8) is 0 Å². The molecular weight excluding hydrogens is 214 g/mol. The molecule has 0 heterocycles. The van der Waals surface area contributed by atoms with E-state index < -0.39 is 0 Å². The van der Waals surface area contributed by atoms with Gasteiger partial charge >= 0.3 is 0 Å². The molecule has 0 aliphatic heterocycles. The maximum absolute atomic E-state index is 11.4. The lowest BCUT2D eigenvalue weighted by molar-refractivity contribution is -0.121. The molecule has 17 heavy (non-hydrogen) atoms. The first-order valence-corrected chi connectivity index (χ1v) is 5.72. The summed E-state index contributed by atoms with van der Waals surface area (Å²) in [6.07, 6.45) is 1.39. The molecule has 1 aromatic carbocycles. The van der Waals surface area contributed by atoms with Crippen molar-refractivity contribution in [1.82, 2.24) is 5.32 Å². The fourth-order valence-electron chi connectivity index (χ4n) is 1.44. The summed E-state index contributed by atoms with van der Waals surface area (Å²) < 4.78 is 0. The molecule has 0 fully saturated rings. The summed E-state index contributed by atoms with van der Waals surface area (Å²) in [5.41, 5.74) is 1.82. The smallest absolute Gasteiger partial charge is 0.220 e. The van der Waals surface area contributed by atoms with E-state index in [-0.39, 0.29) is 12.5 Å². The van der Waals surface area contributed by atoms with Gasteiger partial charge in [0.25, 0.3) is 0 Å². The molecule has 0 atom stereocenters. The van der Waals surface area contributed by atoms with Gasteiger partial charge in [-0.3, -0.25) is 4.79 Å². The van der Waals surface area contributed by atoms with Crippen molar-refractivity contribution in [3.8, 4) is 11.8 Å². The monoisotopic (exact) mass is 231 g/mol. The molecule has 3 heteroatoms. The summed E-state index contributed by atoms with van der Waals surface area (Å²) >= 11 is 0. The third kappa shape index (κ3) is 4.71. The lowest BCUT2D eigenvalue weighted by atomic mass is 10.1. The van der Waals surface area contributed by atoms with E-state index in [1.54, 1.807) is 0 Å². The van der Waals surface area contributed by atoms with Crippen LogP contribution in [0.5, 0.6) is 0 Å². The Kier molecular flexibility index (Phi) is 5.84.